The Balaban J connectivity index is 1.24. The van der Waals surface area contributed by atoms with Crippen LogP contribution in [0.25, 0.3) is 11.1 Å². The molecular formula is C35H39N3O6S. The topological polar surface area (TPSA) is 123 Å². The molecule has 0 aliphatic carbocycles. The first kappa shape index (κ1) is 32.4. The van der Waals surface area contributed by atoms with Gasteiger partial charge in [0.05, 0.1) is 18.8 Å². The number of hydrogen-bond donors (Lipinski definition) is 3. The van der Waals surface area contributed by atoms with E-state index in [0.717, 1.165) is 44.3 Å². The number of aromatic nitrogens is 2. The summed E-state index contributed by atoms with van der Waals surface area (Å²) < 4.78 is 15.0. The second-order valence-corrected chi connectivity index (χ2v) is 12.2. The van der Waals surface area contributed by atoms with E-state index in [9.17, 15) is 14.7 Å². The van der Waals surface area contributed by atoms with E-state index in [2.05, 4.69) is 28.5 Å². The number of unbranched alkanes of at least 4 members (excludes halogenated alkanes) is 1. The molecule has 0 radical (unpaired) electrons. The third kappa shape index (κ3) is 9.27. The summed E-state index contributed by atoms with van der Waals surface area (Å²) in [5.41, 5.74) is 5.89. The standard InChI is InChI=1S/C35H39N3O6S/c1-38-18-17-36-35(38)45-23-30-20-31(27-11-9-24(22-39)10-12-27)44-34(43-30)28-15-13-26(14-16-28)29-6-4-5-25(19-29)21-37-32(40)7-2-3-8-33(41)42/h4-6,9-19,30-31,34,39H,2-3,7-8,20-23H2,1H3,(H,37,40)(H,41,42). The van der Waals surface area contributed by atoms with E-state index in [4.69, 9.17) is 14.6 Å². The van der Waals surface area contributed by atoms with Gasteiger partial charge >= 0.3 is 5.97 Å². The third-order valence-electron chi connectivity index (χ3n) is 7.77. The van der Waals surface area contributed by atoms with Crippen molar-refractivity contribution in [3.8, 4) is 11.1 Å². The summed E-state index contributed by atoms with van der Waals surface area (Å²) in [7, 11) is 1.98. The molecule has 5 rings (SSSR count). The predicted molar refractivity (Wildman–Crippen MR) is 172 cm³/mol. The van der Waals surface area contributed by atoms with Gasteiger partial charge in [-0.25, -0.2) is 4.98 Å². The van der Waals surface area contributed by atoms with Crippen LogP contribution in [0.3, 0.4) is 0 Å². The number of aliphatic carboxylic acids is 1. The van der Waals surface area contributed by atoms with Gasteiger partial charge in [0.1, 0.15) is 0 Å². The average Bonchev–Trinajstić information content (AvgIpc) is 3.49. The maximum atomic E-state index is 12.2. The van der Waals surface area contributed by atoms with E-state index < -0.39 is 12.3 Å². The minimum Gasteiger partial charge on any atom is -0.481 e. The molecular weight excluding hydrogens is 590 g/mol. The van der Waals surface area contributed by atoms with Gasteiger partial charge in [-0.05, 0) is 46.7 Å². The fourth-order valence-electron chi connectivity index (χ4n) is 5.23. The molecule has 0 bridgehead atoms. The Hall–Kier alpha value is -3.96. The Bertz CT molecular complexity index is 1560. The highest BCUT2D eigenvalue weighted by Gasteiger charge is 2.32. The van der Waals surface area contributed by atoms with E-state index >= 15 is 0 Å². The SMILES string of the molecule is Cn1ccnc1SCC1CC(c2ccc(CO)cc2)OC(c2ccc(-c3cccc(CNC(=O)CCCCC(=O)O)c3)cc2)O1. The normalized spacial score (nSPS) is 18.0. The van der Waals surface area contributed by atoms with Gasteiger partial charge in [-0.1, -0.05) is 78.5 Å². The first-order chi connectivity index (χ1) is 21.9. The quantitative estimate of drug-likeness (QED) is 0.112. The predicted octanol–water partition coefficient (Wildman–Crippen LogP) is 6.18. The first-order valence-corrected chi connectivity index (χ1v) is 16.1. The number of imidazole rings is 1. The number of carbonyl (C=O) groups is 2. The minimum atomic E-state index is -0.840. The zero-order valence-corrected chi connectivity index (χ0v) is 26.1. The molecule has 4 aromatic rings. The molecule has 236 valence electrons. The number of aliphatic hydroxyl groups is 1. The minimum absolute atomic E-state index is 0.000540. The van der Waals surface area contributed by atoms with Crippen LogP contribution in [-0.4, -0.2) is 43.5 Å². The smallest absolute Gasteiger partial charge is 0.303 e. The lowest BCUT2D eigenvalue weighted by Crippen LogP contribution is -2.31. The van der Waals surface area contributed by atoms with Gasteiger partial charge in [-0.3, -0.25) is 9.59 Å². The van der Waals surface area contributed by atoms with Crippen molar-refractivity contribution in [1.29, 1.82) is 0 Å². The molecule has 10 heteroatoms. The summed E-state index contributed by atoms with van der Waals surface area (Å²) in [6.07, 6.45) is 5.12. The number of aliphatic hydroxyl groups excluding tert-OH is 1. The lowest BCUT2D eigenvalue weighted by Gasteiger charge is -2.36. The summed E-state index contributed by atoms with van der Waals surface area (Å²) >= 11 is 1.66. The molecule has 1 aliphatic heterocycles. The third-order valence-corrected chi connectivity index (χ3v) is 8.96. The Morgan fingerprint density at radius 1 is 0.956 bits per heavy atom. The summed E-state index contributed by atoms with van der Waals surface area (Å²) in [6, 6.07) is 24.1. The summed E-state index contributed by atoms with van der Waals surface area (Å²) in [4.78, 5) is 27.3. The monoisotopic (exact) mass is 629 g/mol. The zero-order valence-electron chi connectivity index (χ0n) is 25.3. The van der Waals surface area contributed by atoms with E-state index in [-0.39, 0.29) is 31.1 Å². The van der Waals surface area contributed by atoms with Crippen molar-refractivity contribution in [3.63, 3.8) is 0 Å². The fourth-order valence-corrected chi connectivity index (χ4v) is 6.18. The number of amides is 1. The molecule has 1 saturated heterocycles. The van der Waals surface area contributed by atoms with Crippen LogP contribution < -0.4 is 5.32 Å². The number of thioether (sulfide) groups is 1. The number of benzene rings is 3. The Labute approximate surface area is 267 Å². The molecule has 1 aliphatic rings. The molecule has 1 fully saturated rings. The Kier molecular flexibility index (Phi) is 11.4. The number of aryl methyl sites for hydroxylation is 1. The van der Waals surface area contributed by atoms with Crippen molar-refractivity contribution >= 4 is 23.6 Å². The van der Waals surface area contributed by atoms with Crippen LogP contribution in [-0.2, 0) is 39.3 Å². The largest absolute Gasteiger partial charge is 0.481 e. The molecule has 2 heterocycles. The van der Waals surface area contributed by atoms with E-state index in [0.29, 0.717) is 32.2 Å². The van der Waals surface area contributed by atoms with Crippen LogP contribution in [0.5, 0.6) is 0 Å². The first-order valence-electron chi connectivity index (χ1n) is 15.2. The van der Waals surface area contributed by atoms with Crippen molar-refractivity contribution in [2.75, 3.05) is 5.75 Å². The van der Waals surface area contributed by atoms with E-state index in [1.54, 1.807) is 18.0 Å². The van der Waals surface area contributed by atoms with Crippen LogP contribution in [0.15, 0.2) is 90.3 Å². The highest BCUT2D eigenvalue weighted by Crippen LogP contribution is 2.39. The highest BCUT2D eigenvalue weighted by molar-refractivity contribution is 7.99. The van der Waals surface area contributed by atoms with Gasteiger partial charge in [0.15, 0.2) is 11.4 Å². The van der Waals surface area contributed by atoms with Crippen LogP contribution in [0.1, 0.15) is 66.8 Å². The summed E-state index contributed by atoms with van der Waals surface area (Å²) in [5, 5.41) is 22.1. The van der Waals surface area contributed by atoms with E-state index in [1.807, 2.05) is 72.4 Å². The lowest BCUT2D eigenvalue weighted by molar-refractivity contribution is -0.245. The Morgan fingerprint density at radius 3 is 2.42 bits per heavy atom. The number of carboxylic acid groups (broad SMARTS) is 1. The van der Waals surface area contributed by atoms with Crippen LogP contribution in [0.4, 0.5) is 0 Å². The molecule has 0 saturated carbocycles. The maximum Gasteiger partial charge on any atom is 0.303 e. The van der Waals surface area contributed by atoms with Gasteiger partial charge in [0.25, 0.3) is 0 Å². The van der Waals surface area contributed by atoms with E-state index in [1.165, 1.54) is 0 Å². The molecule has 45 heavy (non-hydrogen) atoms. The summed E-state index contributed by atoms with van der Waals surface area (Å²) in [5.74, 6) is -0.185. The van der Waals surface area contributed by atoms with Gasteiger partial charge in [0, 0.05) is 56.6 Å². The van der Waals surface area contributed by atoms with Gasteiger partial charge in [0.2, 0.25) is 5.91 Å². The van der Waals surface area contributed by atoms with Crippen molar-refractivity contribution in [2.45, 2.75) is 68.9 Å². The fraction of sp³-hybridized carbons (Fsp3) is 0.343. The van der Waals surface area contributed by atoms with Gasteiger partial charge in [-0.2, -0.15) is 0 Å². The molecule has 3 unspecified atom stereocenters. The second kappa shape index (κ2) is 15.9. The molecule has 9 nitrogen and oxygen atoms in total. The number of hydrogen-bond acceptors (Lipinski definition) is 7. The second-order valence-electron chi connectivity index (χ2n) is 11.2. The number of rotatable bonds is 14. The van der Waals surface area contributed by atoms with Gasteiger partial charge in [-0.15, -0.1) is 0 Å². The average molecular weight is 630 g/mol. The van der Waals surface area contributed by atoms with Gasteiger partial charge < -0.3 is 29.6 Å². The van der Waals surface area contributed by atoms with Crippen molar-refractivity contribution in [1.82, 2.24) is 14.9 Å². The zero-order chi connectivity index (χ0) is 31.6. The van der Waals surface area contributed by atoms with Crippen LogP contribution in [0, 0.1) is 0 Å². The molecule has 1 amide bonds. The number of carbonyl (C=O) groups excluding carboxylic acids is 1. The van der Waals surface area contributed by atoms with Crippen molar-refractivity contribution < 1.29 is 29.3 Å². The molecule has 3 N–H and O–H groups in total. The van der Waals surface area contributed by atoms with Crippen LogP contribution in [0.2, 0.25) is 0 Å². The van der Waals surface area contributed by atoms with Crippen molar-refractivity contribution in [3.05, 3.63) is 107 Å². The number of nitrogens with one attached hydrogen (secondary N) is 1. The van der Waals surface area contributed by atoms with Crippen LogP contribution >= 0.6 is 11.8 Å². The lowest BCUT2D eigenvalue weighted by atomic mass is 9.99. The number of nitrogens with zero attached hydrogens (tertiary/aromatic N) is 2. The number of carboxylic acids is 1. The molecule has 0 spiro atoms. The summed E-state index contributed by atoms with van der Waals surface area (Å²) in [6.45, 7) is 0.409. The molecule has 3 aromatic carbocycles. The number of ether oxygens (including phenoxy) is 2. The highest BCUT2D eigenvalue weighted by atomic mass is 32.2. The molecule has 3 atom stereocenters. The maximum absolute atomic E-state index is 12.2. The molecule has 1 aromatic heterocycles. The van der Waals surface area contributed by atoms with Crippen molar-refractivity contribution in [2.24, 2.45) is 7.05 Å². The Morgan fingerprint density at radius 2 is 1.71 bits per heavy atom.